The maximum absolute atomic E-state index is 11.5. The summed E-state index contributed by atoms with van der Waals surface area (Å²) in [6, 6.07) is -0.414. The van der Waals surface area contributed by atoms with Gasteiger partial charge < -0.3 is 20.1 Å². The van der Waals surface area contributed by atoms with E-state index in [9.17, 15) is 9.59 Å². The monoisotopic (exact) mass is 260 g/mol. The van der Waals surface area contributed by atoms with Crippen molar-refractivity contribution in [1.29, 1.82) is 0 Å². The molecular weight excluding hydrogens is 240 g/mol. The minimum Gasteiger partial charge on any atom is -0.479 e. The Kier molecular flexibility index (Phi) is 5.83. The van der Waals surface area contributed by atoms with Crippen LogP contribution in [0, 0.1) is 0 Å². The lowest BCUT2D eigenvalue weighted by atomic mass is 10.3. The molecule has 18 heavy (non-hydrogen) atoms. The van der Waals surface area contributed by atoms with Gasteiger partial charge in [-0.2, -0.15) is 0 Å². The highest BCUT2D eigenvalue weighted by atomic mass is 16.5. The van der Waals surface area contributed by atoms with Crippen LogP contribution in [-0.2, 0) is 9.53 Å². The van der Waals surface area contributed by atoms with E-state index in [1.54, 1.807) is 5.01 Å². The molecule has 1 atom stereocenters. The minimum absolute atomic E-state index is 0.0641. The zero-order chi connectivity index (χ0) is 13.5. The summed E-state index contributed by atoms with van der Waals surface area (Å²) in [6.07, 6.45) is -1.02. The Hall–Kier alpha value is -1.38. The Labute approximate surface area is 106 Å². The number of urea groups is 1. The third kappa shape index (κ3) is 4.86. The van der Waals surface area contributed by atoms with Crippen LogP contribution in [0.25, 0.3) is 0 Å². The van der Waals surface area contributed by atoms with Crippen LogP contribution in [0.3, 0.4) is 0 Å². The van der Waals surface area contributed by atoms with Crippen LogP contribution in [0.5, 0.6) is 0 Å². The maximum Gasteiger partial charge on any atom is 0.334 e. The van der Waals surface area contributed by atoms with Crippen LogP contribution in [0.15, 0.2) is 0 Å². The molecule has 3 N–H and O–H groups in total. The highest BCUT2D eigenvalue weighted by Crippen LogP contribution is 1.95. The number of amides is 2. The van der Waals surface area contributed by atoms with Crippen molar-refractivity contribution in [2.45, 2.75) is 6.10 Å². The van der Waals surface area contributed by atoms with Crippen molar-refractivity contribution in [1.82, 2.24) is 20.7 Å². The van der Waals surface area contributed by atoms with E-state index in [0.29, 0.717) is 0 Å². The van der Waals surface area contributed by atoms with Crippen molar-refractivity contribution in [2.24, 2.45) is 0 Å². The first-order chi connectivity index (χ1) is 8.52. The lowest BCUT2D eigenvalue weighted by molar-refractivity contribution is -0.148. The Morgan fingerprint density at radius 3 is 2.44 bits per heavy atom. The number of methoxy groups -OCH3 is 1. The predicted octanol–water partition coefficient (Wildman–Crippen LogP) is -1.45. The van der Waals surface area contributed by atoms with Crippen LogP contribution in [-0.4, -0.2) is 80.0 Å². The summed E-state index contributed by atoms with van der Waals surface area (Å²) in [4.78, 5) is 24.3. The number of nitrogens with one attached hydrogen (secondary N) is 2. The molecule has 2 amide bonds. The molecule has 1 aliphatic rings. The fourth-order valence-electron chi connectivity index (χ4n) is 1.56. The fraction of sp³-hybridized carbons (Fsp3) is 0.800. The molecule has 1 rings (SSSR count). The standard InChI is InChI=1S/C10H20N4O4/c1-13-3-5-14(6-4-13)12-10(17)11-7-8(18-2)9(15)16/h8H,3-7H2,1-2H3,(H,15,16)(H2,11,12,17). The summed E-state index contributed by atoms with van der Waals surface area (Å²) in [5, 5.41) is 13.0. The van der Waals surface area contributed by atoms with E-state index in [2.05, 4.69) is 15.6 Å². The molecule has 0 aromatic carbocycles. The quantitative estimate of drug-likeness (QED) is 0.560. The van der Waals surface area contributed by atoms with Crippen molar-refractivity contribution in [3.05, 3.63) is 0 Å². The summed E-state index contributed by atoms with van der Waals surface area (Å²) >= 11 is 0. The number of carboxylic acids is 1. The second-order valence-electron chi connectivity index (χ2n) is 4.17. The molecule has 1 fully saturated rings. The van der Waals surface area contributed by atoms with Gasteiger partial charge in [0.15, 0.2) is 6.10 Å². The average Bonchev–Trinajstić information content (AvgIpc) is 2.32. The van der Waals surface area contributed by atoms with Gasteiger partial charge in [0, 0.05) is 33.3 Å². The van der Waals surface area contributed by atoms with Crippen LogP contribution in [0.4, 0.5) is 4.79 Å². The highest BCUT2D eigenvalue weighted by molar-refractivity contribution is 5.76. The second-order valence-corrected chi connectivity index (χ2v) is 4.17. The molecule has 0 aromatic heterocycles. The Morgan fingerprint density at radius 2 is 1.94 bits per heavy atom. The zero-order valence-electron chi connectivity index (χ0n) is 10.7. The first kappa shape index (κ1) is 14.7. The summed E-state index contributed by atoms with van der Waals surface area (Å²) in [5.74, 6) is -1.10. The van der Waals surface area contributed by atoms with Crippen LogP contribution >= 0.6 is 0 Å². The molecule has 0 saturated carbocycles. The number of piperazine rings is 1. The molecule has 0 aromatic rings. The molecule has 1 aliphatic heterocycles. The molecular formula is C10H20N4O4. The van der Waals surface area contributed by atoms with Crippen molar-refractivity contribution < 1.29 is 19.4 Å². The summed E-state index contributed by atoms with van der Waals surface area (Å²) in [5.41, 5.74) is 2.67. The van der Waals surface area contributed by atoms with Crippen LogP contribution in [0.1, 0.15) is 0 Å². The smallest absolute Gasteiger partial charge is 0.334 e. The number of hydrogen-bond acceptors (Lipinski definition) is 5. The Balaban J connectivity index is 2.23. The van der Waals surface area contributed by atoms with Gasteiger partial charge in [0.05, 0.1) is 6.54 Å². The molecule has 104 valence electrons. The molecule has 1 heterocycles. The van der Waals surface area contributed by atoms with Gasteiger partial charge >= 0.3 is 12.0 Å². The second kappa shape index (κ2) is 7.14. The van der Waals surface area contributed by atoms with E-state index < -0.39 is 18.1 Å². The maximum atomic E-state index is 11.5. The summed E-state index contributed by atoms with van der Waals surface area (Å²) in [7, 11) is 3.31. The van der Waals surface area contributed by atoms with E-state index in [4.69, 9.17) is 9.84 Å². The van der Waals surface area contributed by atoms with E-state index in [0.717, 1.165) is 26.2 Å². The van der Waals surface area contributed by atoms with Gasteiger partial charge in [-0.15, -0.1) is 0 Å². The number of aliphatic carboxylic acids is 1. The number of hydrazine groups is 1. The Morgan fingerprint density at radius 1 is 1.33 bits per heavy atom. The van der Waals surface area contributed by atoms with E-state index in [-0.39, 0.29) is 6.54 Å². The summed E-state index contributed by atoms with van der Waals surface area (Å²) < 4.78 is 4.70. The van der Waals surface area contributed by atoms with E-state index in [1.165, 1.54) is 7.11 Å². The molecule has 0 spiro atoms. The number of carbonyl (C=O) groups is 2. The molecule has 0 aliphatic carbocycles. The number of likely N-dealkylation sites (N-methyl/N-ethyl adjacent to an activating group) is 1. The number of rotatable bonds is 5. The number of carbonyl (C=O) groups excluding carboxylic acids is 1. The van der Waals surface area contributed by atoms with Crippen molar-refractivity contribution in [2.75, 3.05) is 46.9 Å². The van der Waals surface area contributed by atoms with Crippen LogP contribution < -0.4 is 10.7 Å². The van der Waals surface area contributed by atoms with Crippen molar-refractivity contribution >= 4 is 12.0 Å². The Bertz CT molecular complexity index is 292. The molecule has 1 unspecified atom stereocenters. The zero-order valence-corrected chi connectivity index (χ0v) is 10.7. The number of ether oxygens (including phenoxy) is 1. The van der Waals surface area contributed by atoms with Gasteiger partial charge in [0.25, 0.3) is 0 Å². The van der Waals surface area contributed by atoms with Crippen molar-refractivity contribution in [3.8, 4) is 0 Å². The molecule has 8 nitrogen and oxygen atoms in total. The van der Waals surface area contributed by atoms with Gasteiger partial charge in [-0.05, 0) is 7.05 Å². The average molecular weight is 260 g/mol. The number of nitrogens with zero attached hydrogens (tertiary/aromatic N) is 2. The first-order valence-corrected chi connectivity index (χ1v) is 5.76. The largest absolute Gasteiger partial charge is 0.479 e. The lowest BCUT2D eigenvalue weighted by Crippen LogP contribution is -2.55. The normalized spacial score (nSPS) is 19.2. The van der Waals surface area contributed by atoms with Crippen LogP contribution in [0.2, 0.25) is 0 Å². The third-order valence-electron chi connectivity index (χ3n) is 2.77. The topological polar surface area (TPSA) is 94.1 Å². The number of carboxylic acid groups (broad SMARTS) is 1. The first-order valence-electron chi connectivity index (χ1n) is 5.76. The van der Waals surface area contributed by atoms with Gasteiger partial charge in [0.1, 0.15) is 0 Å². The van der Waals surface area contributed by atoms with E-state index >= 15 is 0 Å². The van der Waals surface area contributed by atoms with Gasteiger partial charge in [-0.3, -0.25) is 5.43 Å². The molecule has 0 bridgehead atoms. The fourth-order valence-corrected chi connectivity index (χ4v) is 1.56. The van der Waals surface area contributed by atoms with E-state index in [1.807, 2.05) is 7.05 Å². The predicted molar refractivity (Wildman–Crippen MR) is 64.0 cm³/mol. The van der Waals surface area contributed by atoms with Gasteiger partial charge in [-0.1, -0.05) is 0 Å². The number of hydrogen-bond donors (Lipinski definition) is 3. The highest BCUT2D eigenvalue weighted by Gasteiger charge is 2.19. The van der Waals surface area contributed by atoms with Crippen molar-refractivity contribution in [3.63, 3.8) is 0 Å². The molecule has 0 radical (unpaired) electrons. The summed E-state index contributed by atoms with van der Waals surface area (Å²) in [6.45, 7) is 3.20. The lowest BCUT2D eigenvalue weighted by Gasteiger charge is -2.32. The minimum atomic E-state index is -1.10. The molecule has 1 saturated heterocycles. The third-order valence-corrected chi connectivity index (χ3v) is 2.77. The molecule has 8 heteroatoms. The van der Waals surface area contributed by atoms with Gasteiger partial charge in [-0.25, -0.2) is 14.6 Å². The SMILES string of the molecule is COC(CNC(=O)NN1CCN(C)CC1)C(=O)O. The van der Waals surface area contributed by atoms with Gasteiger partial charge in [0.2, 0.25) is 0 Å².